The zero-order valence-corrected chi connectivity index (χ0v) is 9.85. The van der Waals surface area contributed by atoms with Crippen molar-refractivity contribution in [2.45, 2.75) is 12.0 Å². The first-order chi connectivity index (χ1) is 8.28. The number of hydrogen-bond donors (Lipinski definition) is 1. The topological polar surface area (TPSA) is 72.0 Å². The molecule has 1 aliphatic rings. The fourth-order valence-electron chi connectivity index (χ4n) is 1.73. The summed E-state index contributed by atoms with van der Waals surface area (Å²) in [5.41, 5.74) is -0.318. The number of rotatable bonds is 2. The lowest BCUT2D eigenvalue weighted by molar-refractivity contribution is 0.0307. The molecule has 2 aromatic rings. The largest absolute Gasteiger partial charge is 0.379 e. The lowest BCUT2D eigenvalue weighted by Gasteiger charge is -2.14. The number of hydrogen-bond acceptors (Lipinski definition) is 6. The van der Waals surface area contributed by atoms with E-state index in [0.717, 1.165) is 5.75 Å². The second-order valence-electron chi connectivity index (χ2n) is 3.97. The van der Waals surface area contributed by atoms with Crippen LogP contribution in [0.25, 0.3) is 11.5 Å². The molecule has 3 heterocycles. The van der Waals surface area contributed by atoms with Crippen molar-refractivity contribution in [2.75, 3.05) is 11.5 Å². The summed E-state index contributed by atoms with van der Waals surface area (Å²) in [5.74, 6) is 2.24. The highest BCUT2D eigenvalue weighted by Crippen LogP contribution is 2.36. The van der Waals surface area contributed by atoms with Gasteiger partial charge in [-0.3, -0.25) is 4.98 Å². The fourth-order valence-corrected chi connectivity index (χ4v) is 2.97. The highest BCUT2D eigenvalue weighted by atomic mass is 32.2. The Morgan fingerprint density at radius 1 is 1.41 bits per heavy atom. The fraction of sp³-hybridized carbons (Fsp3) is 0.364. The lowest BCUT2D eigenvalue weighted by atomic mass is 10.0. The molecule has 0 radical (unpaired) electrons. The van der Waals surface area contributed by atoms with Crippen molar-refractivity contribution in [1.29, 1.82) is 0 Å². The molecule has 6 heteroatoms. The van der Waals surface area contributed by atoms with Crippen LogP contribution in [0.4, 0.5) is 0 Å². The van der Waals surface area contributed by atoms with E-state index in [4.69, 9.17) is 4.52 Å². The Kier molecular flexibility index (Phi) is 2.60. The summed E-state index contributed by atoms with van der Waals surface area (Å²) in [6.45, 7) is 0. The van der Waals surface area contributed by atoms with Gasteiger partial charge in [-0.1, -0.05) is 11.2 Å². The van der Waals surface area contributed by atoms with Crippen molar-refractivity contribution in [3.63, 3.8) is 0 Å². The minimum Gasteiger partial charge on any atom is -0.379 e. The number of aliphatic hydroxyl groups is 1. The van der Waals surface area contributed by atoms with Crippen molar-refractivity contribution >= 4 is 11.8 Å². The van der Waals surface area contributed by atoms with Gasteiger partial charge in [0, 0.05) is 11.9 Å². The maximum Gasteiger partial charge on any atom is 0.259 e. The minimum absolute atomic E-state index is 0.295. The van der Waals surface area contributed by atoms with Crippen LogP contribution < -0.4 is 0 Å². The normalized spacial score (nSPS) is 24.1. The number of pyridine rings is 1. The molecule has 1 saturated heterocycles. The molecule has 2 aromatic heterocycles. The van der Waals surface area contributed by atoms with Crippen LogP contribution in [0.2, 0.25) is 0 Å². The zero-order valence-electron chi connectivity index (χ0n) is 9.04. The molecule has 0 spiro atoms. The van der Waals surface area contributed by atoms with Gasteiger partial charge in [0.1, 0.15) is 5.69 Å². The van der Waals surface area contributed by atoms with Gasteiger partial charge in [0.25, 0.3) is 5.89 Å². The average Bonchev–Trinajstić information content (AvgIpc) is 2.99. The van der Waals surface area contributed by atoms with Gasteiger partial charge in [0.15, 0.2) is 5.60 Å². The van der Waals surface area contributed by atoms with Crippen LogP contribution in [0.5, 0.6) is 0 Å². The van der Waals surface area contributed by atoms with Crippen LogP contribution in [-0.2, 0) is 5.60 Å². The van der Waals surface area contributed by atoms with Gasteiger partial charge in [-0.2, -0.15) is 16.7 Å². The molecular weight excluding hydrogens is 238 g/mol. The van der Waals surface area contributed by atoms with Crippen LogP contribution in [0.1, 0.15) is 12.3 Å². The van der Waals surface area contributed by atoms with Crippen molar-refractivity contribution < 1.29 is 9.63 Å². The van der Waals surface area contributed by atoms with E-state index in [1.54, 1.807) is 18.0 Å². The first kappa shape index (κ1) is 10.7. The summed E-state index contributed by atoms with van der Waals surface area (Å²) in [6, 6.07) is 5.49. The Hall–Kier alpha value is -1.40. The van der Waals surface area contributed by atoms with E-state index in [0.29, 0.717) is 29.6 Å². The van der Waals surface area contributed by atoms with E-state index in [9.17, 15) is 5.11 Å². The van der Waals surface area contributed by atoms with Crippen LogP contribution in [0.3, 0.4) is 0 Å². The van der Waals surface area contributed by atoms with Crippen LogP contribution in [0.15, 0.2) is 28.9 Å². The van der Waals surface area contributed by atoms with Gasteiger partial charge < -0.3 is 9.63 Å². The summed E-state index contributed by atoms with van der Waals surface area (Å²) in [6.07, 6.45) is 2.33. The first-order valence-corrected chi connectivity index (χ1v) is 6.49. The SMILES string of the molecule is O[C@@]1(c2nc(-c3ccccn3)no2)CCSC1. The Balaban J connectivity index is 1.93. The quantitative estimate of drug-likeness (QED) is 0.868. The predicted octanol–water partition coefficient (Wildman–Crippen LogP) is 1.46. The van der Waals surface area contributed by atoms with Gasteiger partial charge >= 0.3 is 0 Å². The Morgan fingerprint density at radius 2 is 2.35 bits per heavy atom. The van der Waals surface area contributed by atoms with Crippen molar-refractivity contribution in [1.82, 2.24) is 15.1 Å². The molecule has 0 amide bonds. The predicted molar refractivity (Wildman–Crippen MR) is 63.4 cm³/mol. The molecule has 0 saturated carbocycles. The summed E-state index contributed by atoms with van der Waals surface area (Å²) < 4.78 is 5.14. The molecular formula is C11H11N3O2S. The smallest absolute Gasteiger partial charge is 0.259 e. The maximum atomic E-state index is 10.3. The molecule has 5 nitrogen and oxygen atoms in total. The molecule has 17 heavy (non-hydrogen) atoms. The summed E-state index contributed by atoms with van der Waals surface area (Å²) >= 11 is 1.69. The molecule has 3 rings (SSSR count). The Bertz CT molecular complexity index is 508. The zero-order chi connectivity index (χ0) is 11.7. The van der Waals surface area contributed by atoms with E-state index < -0.39 is 5.60 Å². The van der Waals surface area contributed by atoms with Gasteiger partial charge in [0.05, 0.1) is 0 Å². The first-order valence-electron chi connectivity index (χ1n) is 5.34. The third-order valence-electron chi connectivity index (χ3n) is 2.72. The molecule has 1 aliphatic heterocycles. The molecule has 0 unspecified atom stereocenters. The molecule has 0 bridgehead atoms. The minimum atomic E-state index is -0.968. The van der Waals surface area contributed by atoms with Crippen molar-refractivity contribution in [3.05, 3.63) is 30.3 Å². The van der Waals surface area contributed by atoms with E-state index in [1.165, 1.54) is 0 Å². The second kappa shape index (κ2) is 4.12. The Labute approximate surface area is 102 Å². The molecule has 1 atom stereocenters. The average molecular weight is 249 g/mol. The number of thioether (sulfide) groups is 1. The van der Waals surface area contributed by atoms with Gasteiger partial charge in [0.2, 0.25) is 5.82 Å². The second-order valence-corrected chi connectivity index (χ2v) is 5.08. The third kappa shape index (κ3) is 1.94. The van der Waals surface area contributed by atoms with Crippen LogP contribution in [0, 0.1) is 0 Å². The van der Waals surface area contributed by atoms with E-state index in [2.05, 4.69) is 15.1 Å². The summed E-state index contributed by atoms with van der Waals surface area (Å²) in [4.78, 5) is 8.37. The summed E-state index contributed by atoms with van der Waals surface area (Å²) in [5, 5.41) is 14.1. The van der Waals surface area contributed by atoms with E-state index >= 15 is 0 Å². The summed E-state index contributed by atoms with van der Waals surface area (Å²) in [7, 11) is 0. The van der Waals surface area contributed by atoms with Crippen LogP contribution >= 0.6 is 11.8 Å². The van der Waals surface area contributed by atoms with Gasteiger partial charge in [-0.05, 0) is 24.3 Å². The molecule has 0 aliphatic carbocycles. The van der Waals surface area contributed by atoms with E-state index in [-0.39, 0.29) is 0 Å². The van der Waals surface area contributed by atoms with E-state index in [1.807, 2.05) is 18.2 Å². The standard InChI is InChI=1S/C11H11N3O2S/c15-11(4-6-17-7-11)10-13-9(14-16-10)8-3-1-2-5-12-8/h1-3,5,15H,4,6-7H2/t11-/m0/s1. The lowest BCUT2D eigenvalue weighted by Crippen LogP contribution is -2.25. The maximum absolute atomic E-state index is 10.3. The monoisotopic (exact) mass is 249 g/mol. The van der Waals surface area contributed by atoms with Crippen LogP contribution in [-0.4, -0.2) is 31.7 Å². The molecule has 1 N–H and O–H groups in total. The molecule has 0 aromatic carbocycles. The van der Waals surface area contributed by atoms with Crippen molar-refractivity contribution in [2.24, 2.45) is 0 Å². The highest BCUT2D eigenvalue weighted by molar-refractivity contribution is 7.99. The van der Waals surface area contributed by atoms with Crippen molar-refractivity contribution in [3.8, 4) is 11.5 Å². The third-order valence-corrected chi connectivity index (χ3v) is 3.89. The van der Waals surface area contributed by atoms with Gasteiger partial charge in [-0.15, -0.1) is 0 Å². The highest BCUT2D eigenvalue weighted by Gasteiger charge is 2.39. The molecule has 1 fully saturated rings. The number of nitrogens with zero attached hydrogens (tertiary/aromatic N) is 3. The van der Waals surface area contributed by atoms with Gasteiger partial charge in [-0.25, -0.2) is 0 Å². The molecule has 88 valence electrons. The Morgan fingerprint density at radius 3 is 3.06 bits per heavy atom. The number of aromatic nitrogens is 3.